The topological polar surface area (TPSA) is 101 Å². The molecule has 0 rings (SSSR count). The molecule has 0 radical (unpaired) electrons. The van der Waals surface area contributed by atoms with Crippen molar-refractivity contribution in [2.45, 2.75) is 84.1 Å². The average Bonchev–Trinajstić information content (AvgIpc) is 2.64. The van der Waals surface area contributed by atoms with E-state index in [0.717, 1.165) is 32.1 Å². The van der Waals surface area contributed by atoms with Crippen LogP contribution < -0.4 is 5.73 Å². The molecule has 0 saturated carbocycles. The van der Waals surface area contributed by atoms with Gasteiger partial charge in [0, 0.05) is 6.42 Å². The molecular formula is C23H39NO4. The summed E-state index contributed by atoms with van der Waals surface area (Å²) in [7, 11) is 0. The van der Waals surface area contributed by atoms with Crippen molar-refractivity contribution < 1.29 is 19.8 Å². The number of hydrogen-bond acceptors (Lipinski definition) is 3. The number of hydrogen-bond donors (Lipinski definition) is 3. The van der Waals surface area contributed by atoms with Gasteiger partial charge in [0.05, 0.1) is 0 Å². The van der Waals surface area contributed by atoms with Gasteiger partial charge in [0.25, 0.3) is 0 Å². The number of carboxylic acids is 2. The second-order valence-corrected chi connectivity index (χ2v) is 6.50. The first-order valence-corrected chi connectivity index (χ1v) is 10.2. The van der Waals surface area contributed by atoms with Crippen molar-refractivity contribution in [3.8, 4) is 0 Å². The molecule has 0 spiro atoms. The number of carboxylic acid groups (broad SMARTS) is 2. The lowest BCUT2D eigenvalue weighted by Crippen LogP contribution is -2.25. The standard InChI is InChI=1S/C20H32O2.C3H7NO2/c1-2-3-4-5-6-7-8-9-10-11-12-13-14-15-16-17-18-19-20(21)22;1-2(4)3(5)6/h6-7,9-10,12-13,15-16H,2-5,8,11,14,17-19H2,1H3,(H,21,22);2H,4H2,1H3,(H,5,6)/b7-6-,10-9-,13-12-,16-15-;/t;2-/m.0/s1. The zero-order valence-corrected chi connectivity index (χ0v) is 17.6. The van der Waals surface area contributed by atoms with Crippen LogP contribution >= 0.6 is 0 Å². The SMILES string of the molecule is CCCCC/C=C\C/C=C\C/C=C\C/C=C\CCCC(=O)O.C[C@H](N)C(=O)O. The molecule has 4 N–H and O–H groups in total. The second-order valence-electron chi connectivity index (χ2n) is 6.50. The van der Waals surface area contributed by atoms with E-state index in [9.17, 15) is 9.59 Å². The molecule has 1 atom stereocenters. The normalized spacial score (nSPS) is 12.7. The molecule has 0 aliphatic heterocycles. The molecule has 5 heteroatoms. The van der Waals surface area contributed by atoms with Crippen molar-refractivity contribution in [3.63, 3.8) is 0 Å². The molecule has 0 saturated heterocycles. The van der Waals surface area contributed by atoms with Crippen LogP contribution in [-0.4, -0.2) is 28.2 Å². The van der Waals surface area contributed by atoms with Gasteiger partial charge in [-0.3, -0.25) is 9.59 Å². The molecule has 160 valence electrons. The van der Waals surface area contributed by atoms with Crippen molar-refractivity contribution in [3.05, 3.63) is 48.6 Å². The van der Waals surface area contributed by atoms with E-state index in [-0.39, 0.29) is 6.42 Å². The van der Waals surface area contributed by atoms with E-state index in [0.29, 0.717) is 0 Å². The molecule has 0 aliphatic carbocycles. The molecule has 0 aromatic heterocycles. The molecular weight excluding hydrogens is 354 g/mol. The molecule has 0 unspecified atom stereocenters. The Morgan fingerprint density at radius 3 is 1.54 bits per heavy atom. The predicted molar refractivity (Wildman–Crippen MR) is 117 cm³/mol. The summed E-state index contributed by atoms with van der Waals surface area (Å²) in [5.41, 5.74) is 4.84. The van der Waals surface area contributed by atoms with E-state index in [1.807, 2.05) is 0 Å². The molecule has 0 bridgehead atoms. The van der Waals surface area contributed by atoms with Crippen LogP contribution in [0.3, 0.4) is 0 Å². The molecule has 28 heavy (non-hydrogen) atoms. The summed E-state index contributed by atoms with van der Waals surface area (Å²) in [6.07, 6.45) is 27.3. The van der Waals surface area contributed by atoms with Gasteiger partial charge in [-0.1, -0.05) is 68.4 Å². The Labute approximate surface area is 170 Å². The van der Waals surface area contributed by atoms with Gasteiger partial charge in [-0.25, -0.2) is 0 Å². The lowest BCUT2D eigenvalue weighted by Gasteiger charge is -1.90. The molecule has 0 aromatic rings. The summed E-state index contributed by atoms with van der Waals surface area (Å²) < 4.78 is 0. The van der Waals surface area contributed by atoms with Gasteiger partial charge >= 0.3 is 11.9 Å². The quantitative estimate of drug-likeness (QED) is 0.247. The Morgan fingerprint density at radius 1 is 0.786 bits per heavy atom. The van der Waals surface area contributed by atoms with Crippen LogP contribution in [0.4, 0.5) is 0 Å². The summed E-state index contributed by atoms with van der Waals surface area (Å²) in [6, 6.07) is -0.731. The van der Waals surface area contributed by atoms with Crippen molar-refractivity contribution in [1.29, 1.82) is 0 Å². The molecule has 0 aromatic carbocycles. The van der Waals surface area contributed by atoms with E-state index >= 15 is 0 Å². The maximum absolute atomic E-state index is 10.3. The largest absolute Gasteiger partial charge is 0.481 e. The number of rotatable bonds is 15. The van der Waals surface area contributed by atoms with Crippen LogP contribution in [0.2, 0.25) is 0 Å². The molecule has 0 aliphatic rings. The van der Waals surface area contributed by atoms with Crippen LogP contribution in [0, 0.1) is 0 Å². The molecule has 0 amide bonds. The van der Waals surface area contributed by atoms with Gasteiger partial charge in [-0.05, 0) is 51.9 Å². The van der Waals surface area contributed by atoms with Gasteiger partial charge in [-0.15, -0.1) is 0 Å². The Hall–Kier alpha value is -2.14. The maximum Gasteiger partial charge on any atom is 0.320 e. The van der Waals surface area contributed by atoms with Crippen molar-refractivity contribution in [2.24, 2.45) is 5.73 Å². The van der Waals surface area contributed by atoms with Gasteiger partial charge in [0.15, 0.2) is 0 Å². The Kier molecular flexibility index (Phi) is 23.0. The number of aliphatic carboxylic acids is 2. The van der Waals surface area contributed by atoms with Crippen LogP contribution in [0.1, 0.15) is 78.1 Å². The zero-order valence-electron chi connectivity index (χ0n) is 17.6. The van der Waals surface area contributed by atoms with E-state index in [4.69, 9.17) is 15.9 Å². The van der Waals surface area contributed by atoms with Gasteiger partial charge in [-0.2, -0.15) is 0 Å². The summed E-state index contributed by atoms with van der Waals surface area (Å²) in [5.74, 6) is -1.68. The predicted octanol–water partition coefficient (Wildman–Crippen LogP) is 5.63. The van der Waals surface area contributed by atoms with Gasteiger partial charge < -0.3 is 15.9 Å². The first-order valence-electron chi connectivity index (χ1n) is 10.2. The highest BCUT2D eigenvalue weighted by Crippen LogP contribution is 2.01. The number of unbranched alkanes of at least 4 members (excludes halogenated alkanes) is 4. The number of nitrogens with two attached hydrogens (primary N) is 1. The Bertz CT molecular complexity index is 491. The van der Waals surface area contributed by atoms with Crippen molar-refractivity contribution in [1.82, 2.24) is 0 Å². The third-order valence-electron chi connectivity index (χ3n) is 3.61. The smallest absolute Gasteiger partial charge is 0.320 e. The lowest BCUT2D eigenvalue weighted by molar-refractivity contribution is -0.138. The highest BCUT2D eigenvalue weighted by Gasteiger charge is 1.99. The summed E-state index contributed by atoms with van der Waals surface area (Å²) in [4.78, 5) is 19.9. The number of carbonyl (C=O) groups is 2. The monoisotopic (exact) mass is 393 g/mol. The highest BCUT2D eigenvalue weighted by atomic mass is 16.4. The Morgan fingerprint density at radius 2 is 1.18 bits per heavy atom. The first-order chi connectivity index (χ1) is 13.4. The minimum absolute atomic E-state index is 0.262. The number of allylic oxidation sites excluding steroid dienone is 8. The van der Waals surface area contributed by atoms with E-state index in [2.05, 4.69) is 55.5 Å². The fraction of sp³-hybridized carbons (Fsp3) is 0.565. The summed E-state index contributed by atoms with van der Waals surface area (Å²) >= 11 is 0. The fourth-order valence-electron chi connectivity index (χ4n) is 1.93. The van der Waals surface area contributed by atoms with E-state index < -0.39 is 18.0 Å². The van der Waals surface area contributed by atoms with Crippen LogP contribution in [-0.2, 0) is 9.59 Å². The minimum atomic E-state index is -0.963. The third kappa shape index (κ3) is 28.7. The molecule has 0 fully saturated rings. The summed E-state index contributed by atoms with van der Waals surface area (Å²) in [6.45, 7) is 3.65. The van der Waals surface area contributed by atoms with Crippen LogP contribution in [0.15, 0.2) is 48.6 Å². The van der Waals surface area contributed by atoms with E-state index in [1.54, 1.807) is 0 Å². The zero-order chi connectivity index (χ0) is 21.5. The Balaban J connectivity index is 0. The molecule has 0 heterocycles. The van der Waals surface area contributed by atoms with Crippen molar-refractivity contribution >= 4 is 11.9 Å². The van der Waals surface area contributed by atoms with Gasteiger partial charge in [0.2, 0.25) is 0 Å². The lowest BCUT2D eigenvalue weighted by atomic mass is 10.2. The van der Waals surface area contributed by atoms with Crippen molar-refractivity contribution in [2.75, 3.05) is 0 Å². The van der Waals surface area contributed by atoms with Crippen LogP contribution in [0.25, 0.3) is 0 Å². The highest BCUT2D eigenvalue weighted by molar-refractivity contribution is 5.72. The average molecular weight is 394 g/mol. The molecule has 5 nitrogen and oxygen atoms in total. The minimum Gasteiger partial charge on any atom is -0.481 e. The maximum atomic E-state index is 10.3. The first kappa shape index (κ1) is 28.1. The van der Waals surface area contributed by atoms with Crippen LogP contribution in [0.5, 0.6) is 0 Å². The second kappa shape index (κ2) is 22.9. The summed E-state index contributed by atoms with van der Waals surface area (Å²) in [5, 5.41) is 16.4. The van der Waals surface area contributed by atoms with Gasteiger partial charge in [0.1, 0.15) is 6.04 Å². The van der Waals surface area contributed by atoms with E-state index in [1.165, 1.54) is 32.6 Å². The fourth-order valence-corrected chi connectivity index (χ4v) is 1.93. The third-order valence-corrected chi connectivity index (χ3v) is 3.61.